The topological polar surface area (TPSA) is 85.7 Å². The Morgan fingerprint density at radius 3 is 2.51 bits per heavy atom. The number of aryl methyl sites for hydroxylation is 1. The first-order chi connectivity index (χ1) is 19.7. The number of benzene rings is 1. The number of rotatable bonds is 11. The van der Waals surface area contributed by atoms with E-state index in [1.807, 2.05) is 37.3 Å². The van der Waals surface area contributed by atoms with Crippen LogP contribution in [-0.4, -0.2) is 40.2 Å². The maximum absolute atomic E-state index is 13.3. The van der Waals surface area contributed by atoms with Crippen molar-refractivity contribution in [2.24, 2.45) is 5.16 Å². The van der Waals surface area contributed by atoms with Crippen LogP contribution in [0.2, 0.25) is 0 Å². The van der Waals surface area contributed by atoms with Crippen LogP contribution in [0.4, 0.5) is 13.2 Å². The number of hydrogen-bond acceptors (Lipinski definition) is 7. The predicted octanol–water partition coefficient (Wildman–Crippen LogP) is 6.81. The number of hydrogen-bond donors (Lipinski definition) is 1. The maximum atomic E-state index is 13.3. The lowest BCUT2D eigenvalue weighted by atomic mass is 9.76. The zero-order valence-electron chi connectivity index (χ0n) is 23.1. The van der Waals surface area contributed by atoms with Crippen LogP contribution in [0.25, 0.3) is 11.3 Å². The molecule has 216 valence electrons. The van der Waals surface area contributed by atoms with Crippen LogP contribution >= 0.6 is 0 Å². The fraction of sp³-hybridized carbons (Fsp3) is 0.419. The molecule has 1 saturated carbocycles. The van der Waals surface area contributed by atoms with Crippen molar-refractivity contribution in [3.8, 4) is 11.3 Å². The number of aromatic nitrogens is 2. The number of nitrogens with zero attached hydrogens (tertiary/aromatic N) is 3. The summed E-state index contributed by atoms with van der Waals surface area (Å²) >= 11 is 0. The van der Waals surface area contributed by atoms with E-state index in [-0.39, 0.29) is 17.8 Å². The summed E-state index contributed by atoms with van der Waals surface area (Å²) < 4.78 is 44.3. The molecule has 1 atom stereocenters. The zero-order valence-corrected chi connectivity index (χ0v) is 23.1. The molecule has 1 aliphatic heterocycles. The van der Waals surface area contributed by atoms with Crippen molar-refractivity contribution in [3.05, 3.63) is 82.8 Å². The number of alkyl halides is 3. The Morgan fingerprint density at radius 1 is 1.10 bits per heavy atom. The smallest absolute Gasteiger partial charge is 0.389 e. The third-order valence-electron chi connectivity index (χ3n) is 7.52. The molecular formula is C31H33F3N4O3. The molecule has 5 rings (SSSR count). The van der Waals surface area contributed by atoms with Gasteiger partial charge in [0.1, 0.15) is 17.5 Å². The van der Waals surface area contributed by atoms with Crippen LogP contribution in [0, 0.1) is 6.92 Å². The summed E-state index contributed by atoms with van der Waals surface area (Å²) in [7, 11) is 0. The van der Waals surface area contributed by atoms with Gasteiger partial charge in [0, 0.05) is 54.1 Å². The van der Waals surface area contributed by atoms with Gasteiger partial charge in [-0.1, -0.05) is 17.3 Å². The van der Waals surface area contributed by atoms with Gasteiger partial charge in [0.15, 0.2) is 5.78 Å². The maximum Gasteiger partial charge on any atom is 0.433 e. The number of carbonyl (C=O) groups is 1. The molecule has 3 heterocycles. The van der Waals surface area contributed by atoms with Crippen molar-refractivity contribution in [1.29, 1.82) is 0 Å². The van der Waals surface area contributed by atoms with E-state index in [2.05, 4.69) is 20.4 Å². The van der Waals surface area contributed by atoms with Gasteiger partial charge in [0.2, 0.25) is 0 Å². The first kappa shape index (κ1) is 28.9. The van der Waals surface area contributed by atoms with Crippen molar-refractivity contribution in [1.82, 2.24) is 15.3 Å². The summed E-state index contributed by atoms with van der Waals surface area (Å²) in [5.41, 5.74) is 4.28. The molecule has 1 aromatic carbocycles. The van der Waals surface area contributed by atoms with Crippen molar-refractivity contribution < 1.29 is 27.5 Å². The molecule has 0 amide bonds. The molecule has 0 bridgehead atoms. The van der Waals surface area contributed by atoms with Gasteiger partial charge < -0.3 is 9.57 Å². The lowest BCUT2D eigenvalue weighted by Crippen LogP contribution is -2.36. The number of nitrogens with one attached hydrogen (secondary N) is 1. The highest BCUT2D eigenvalue weighted by molar-refractivity contribution is 6.06. The molecule has 10 heteroatoms. The highest BCUT2D eigenvalue weighted by Gasteiger charge is 2.45. The third-order valence-corrected chi connectivity index (χ3v) is 7.52. The fourth-order valence-corrected chi connectivity index (χ4v) is 5.05. The number of ether oxygens (including phenoxy) is 1. The lowest BCUT2D eigenvalue weighted by molar-refractivity contribution is -0.141. The molecule has 3 aromatic rings. The highest BCUT2D eigenvalue weighted by Crippen LogP contribution is 2.43. The molecule has 2 aromatic heterocycles. The Balaban J connectivity index is 1.26. The number of carbonyl (C=O) groups excluding carboxylic acids is 1. The number of ketones is 1. The van der Waals surface area contributed by atoms with Gasteiger partial charge in [-0.15, -0.1) is 0 Å². The third kappa shape index (κ3) is 6.82. The van der Waals surface area contributed by atoms with E-state index in [4.69, 9.17) is 9.57 Å². The van der Waals surface area contributed by atoms with E-state index in [9.17, 15) is 18.0 Å². The predicted molar refractivity (Wildman–Crippen MR) is 148 cm³/mol. The minimum Gasteiger partial charge on any atom is -0.389 e. The zero-order chi connectivity index (χ0) is 29.0. The summed E-state index contributed by atoms with van der Waals surface area (Å²) in [5.74, 6) is -0.0240. The van der Waals surface area contributed by atoms with E-state index < -0.39 is 18.1 Å². The normalized spacial score (nSPS) is 16.7. The standard InChI is InChI=1S/C31H33F3N4O3/c1-3-40-29(21-8-10-28(37-19-21)31(32,33)34)35-13-4-6-27(39)24-15-22(25-9-7-20(2)18-36-25)14-23(16-24)26-17-30(41-38-26)11-5-12-30/h7-10,14-16,18-19,29,35H,3-6,11-13,17H2,1-2H3/t29-/m1/s1. The molecular weight excluding hydrogens is 533 g/mol. The highest BCUT2D eigenvalue weighted by atomic mass is 19.4. The molecule has 1 aliphatic carbocycles. The van der Waals surface area contributed by atoms with Crippen LogP contribution in [0.1, 0.15) is 84.4 Å². The molecule has 1 N–H and O–H groups in total. The Hall–Kier alpha value is -3.63. The van der Waals surface area contributed by atoms with Gasteiger partial charge >= 0.3 is 6.18 Å². The summed E-state index contributed by atoms with van der Waals surface area (Å²) in [4.78, 5) is 27.2. The molecule has 0 radical (unpaired) electrons. The largest absolute Gasteiger partial charge is 0.433 e. The van der Waals surface area contributed by atoms with Gasteiger partial charge in [0.25, 0.3) is 0 Å². The average molecular weight is 567 g/mol. The van der Waals surface area contributed by atoms with Crippen molar-refractivity contribution in [2.75, 3.05) is 13.2 Å². The van der Waals surface area contributed by atoms with Crippen molar-refractivity contribution >= 4 is 11.5 Å². The van der Waals surface area contributed by atoms with Crippen LogP contribution in [-0.2, 0) is 15.8 Å². The van der Waals surface area contributed by atoms with Crippen LogP contribution in [0.5, 0.6) is 0 Å². The quantitative estimate of drug-likeness (QED) is 0.156. The van der Waals surface area contributed by atoms with Crippen molar-refractivity contribution in [2.45, 2.75) is 70.4 Å². The molecule has 0 unspecified atom stereocenters. The Morgan fingerprint density at radius 2 is 1.90 bits per heavy atom. The Kier molecular flexibility index (Phi) is 8.51. The summed E-state index contributed by atoms with van der Waals surface area (Å²) in [5, 5.41) is 7.57. The van der Waals surface area contributed by atoms with E-state index in [0.29, 0.717) is 30.7 Å². The monoisotopic (exact) mass is 566 g/mol. The number of halogens is 3. The lowest BCUT2D eigenvalue weighted by Gasteiger charge is -2.34. The van der Waals surface area contributed by atoms with Gasteiger partial charge in [-0.25, -0.2) is 0 Å². The first-order valence-corrected chi connectivity index (χ1v) is 13.9. The van der Waals surface area contributed by atoms with E-state index in [1.54, 1.807) is 13.1 Å². The minimum absolute atomic E-state index is 0.0240. The molecule has 1 spiro atoms. The summed E-state index contributed by atoms with van der Waals surface area (Å²) in [6.07, 6.45) is 2.45. The summed E-state index contributed by atoms with van der Waals surface area (Å²) in [6.45, 7) is 4.56. The second kappa shape index (κ2) is 12.1. The number of oxime groups is 1. The van der Waals surface area contributed by atoms with E-state index in [0.717, 1.165) is 66.0 Å². The molecule has 2 aliphatic rings. The molecule has 41 heavy (non-hydrogen) atoms. The minimum atomic E-state index is -4.50. The molecule has 0 saturated heterocycles. The molecule has 7 nitrogen and oxygen atoms in total. The van der Waals surface area contributed by atoms with Gasteiger partial charge in [-0.05, 0) is 82.0 Å². The number of Topliss-reactive ketones (excluding diaryl/α,β-unsaturated/α-hetero) is 1. The van der Waals surface area contributed by atoms with Gasteiger partial charge in [-0.2, -0.15) is 13.2 Å². The molecule has 1 fully saturated rings. The van der Waals surface area contributed by atoms with Gasteiger partial charge in [-0.3, -0.25) is 20.1 Å². The Bertz CT molecular complexity index is 1400. The van der Waals surface area contributed by atoms with E-state index >= 15 is 0 Å². The SMILES string of the molecule is CCO[C@@H](NCCCC(=O)c1cc(C2=NOC3(CCC3)C2)cc(-c2ccc(C)cn2)c1)c1ccc(C(F)(F)F)nc1. The second-order valence-electron chi connectivity index (χ2n) is 10.7. The fourth-order valence-electron chi connectivity index (χ4n) is 5.05. The van der Waals surface area contributed by atoms with Crippen LogP contribution < -0.4 is 5.32 Å². The van der Waals surface area contributed by atoms with Crippen LogP contribution in [0.3, 0.4) is 0 Å². The van der Waals surface area contributed by atoms with Crippen molar-refractivity contribution in [3.63, 3.8) is 0 Å². The second-order valence-corrected chi connectivity index (χ2v) is 10.7. The Labute approximate surface area is 237 Å². The van der Waals surface area contributed by atoms with Gasteiger partial charge in [0.05, 0.1) is 11.4 Å². The first-order valence-electron chi connectivity index (χ1n) is 13.9. The average Bonchev–Trinajstić information content (AvgIpc) is 3.41. The summed E-state index contributed by atoms with van der Waals surface area (Å²) in [6, 6.07) is 12.0. The number of pyridine rings is 2. The van der Waals surface area contributed by atoms with E-state index in [1.165, 1.54) is 6.07 Å². The van der Waals surface area contributed by atoms with Crippen LogP contribution in [0.15, 0.2) is 60.0 Å².